The Balaban J connectivity index is 1.86. The second kappa shape index (κ2) is 7.77. The van der Waals surface area contributed by atoms with Crippen molar-refractivity contribution in [3.8, 4) is 0 Å². The zero-order valence-corrected chi connectivity index (χ0v) is 14.3. The van der Waals surface area contributed by atoms with Crippen molar-refractivity contribution >= 4 is 34.5 Å². The van der Waals surface area contributed by atoms with Crippen molar-refractivity contribution in [2.45, 2.75) is 38.1 Å². The molecule has 0 spiro atoms. The summed E-state index contributed by atoms with van der Waals surface area (Å²) in [5, 5.41) is 0. The number of esters is 1. The zero-order valence-electron chi connectivity index (χ0n) is 12.2. The predicted octanol–water partition coefficient (Wildman–Crippen LogP) is 3.24. The lowest BCUT2D eigenvalue weighted by atomic mass is 9.94. The van der Waals surface area contributed by atoms with Crippen LogP contribution in [0.1, 0.15) is 42.5 Å². The Bertz CT molecular complexity index is 512. The number of hydrogen-bond donors (Lipinski definition) is 0. The zero-order chi connectivity index (χ0) is 15.2. The van der Waals surface area contributed by atoms with Crippen LogP contribution in [-0.4, -0.2) is 36.5 Å². The van der Waals surface area contributed by atoms with E-state index in [4.69, 9.17) is 4.74 Å². The third kappa shape index (κ3) is 4.43. The van der Waals surface area contributed by atoms with Crippen LogP contribution >= 0.6 is 22.6 Å². The van der Waals surface area contributed by atoms with Gasteiger partial charge in [0.2, 0.25) is 0 Å². The summed E-state index contributed by atoms with van der Waals surface area (Å²) in [6, 6.07) is 7.49. The molecule has 0 unspecified atom stereocenters. The summed E-state index contributed by atoms with van der Waals surface area (Å²) in [4.78, 5) is 25.8. The highest BCUT2D eigenvalue weighted by molar-refractivity contribution is 14.1. The van der Waals surface area contributed by atoms with Gasteiger partial charge in [-0.3, -0.25) is 4.79 Å². The second-order valence-electron chi connectivity index (χ2n) is 5.35. The van der Waals surface area contributed by atoms with Gasteiger partial charge in [0.25, 0.3) is 5.91 Å². The molecule has 1 saturated carbocycles. The topological polar surface area (TPSA) is 46.6 Å². The number of likely N-dealkylation sites (N-methyl/N-ethyl adjacent to an activating group) is 1. The third-order valence-corrected chi connectivity index (χ3v) is 4.88. The van der Waals surface area contributed by atoms with Crippen molar-refractivity contribution in [1.82, 2.24) is 4.90 Å². The number of amides is 1. The molecule has 1 amide bonds. The fourth-order valence-corrected chi connectivity index (χ4v) is 3.21. The van der Waals surface area contributed by atoms with E-state index in [1.54, 1.807) is 24.1 Å². The SMILES string of the molecule is CN(C(=O)COC(=O)c1ccccc1I)C1CCCCC1. The number of halogens is 1. The van der Waals surface area contributed by atoms with Crippen LogP contribution in [0.4, 0.5) is 0 Å². The number of carbonyl (C=O) groups excluding carboxylic acids is 2. The molecule has 0 aliphatic heterocycles. The van der Waals surface area contributed by atoms with Gasteiger partial charge < -0.3 is 9.64 Å². The van der Waals surface area contributed by atoms with E-state index in [1.165, 1.54) is 19.3 Å². The molecule has 1 aromatic carbocycles. The van der Waals surface area contributed by atoms with Crippen LogP contribution in [0.25, 0.3) is 0 Å². The van der Waals surface area contributed by atoms with Crippen LogP contribution in [0.5, 0.6) is 0 Å². The normalized spacial score (nSPS) is 15.5. The highest BCUT2D eigenvalue weighted by Gasteiger charge is 2.23. The standard InChI is InChI=1S/C16H20INO3/c1-18(12-7-3-2-4-8-12)15(19)11-21-16(20)13-9-5-6-10-14(13)17/h5-6,9-10,12H,2-4,7-8,11H2,1H3. The largest absolute Gasteiger partial charge is 0.452 e. The smallest absolute Gasteiger partial charge is 0.339 e. The Morgan fingerprint density at radius 3 is 2.57 bits per heavy atom. The first-order valence-electron chi connectivity index (χ1n) is 7.27. The van der Waals surface area contributed by atoms with Gasteiger partial charge in [-0.25, -0.2) is 4.79 Å². The van der Waals surface area contributed by atoms with Crippen molar-refractivity contribution in [2.24, 2.45) is 0 Å². The Labute approximate surface area is 139 Å². The predicted molar refractivity (Wildman–Crippen MR) is 89.1 cm³/mol. The van der Waals surface area contributed by atoms with Crippen molar-refractivity contribution in [1.29, 1.82) is 0 Å². The van der Waals surface area contributed by atoms with E-state index in [0.29, 0.717) is 11.6 Å². The fraction of sp³-hybridized carbons (Fsp3) is 0.500. The minimum atomic E-state index is -0.439. The van der Waals surface area contributed by atoms with Gasteiger partial charge in [0, 0.05) is 16.7 Å². The Morgan fingerprint density at radius 1 is 1.24 bits per heavy atom. The highest BCUT2D eigenvalue weighted by atomic mass is 127. The molecule has 0 heterocycles. The molecule has 114 valence electrons. The second-order valence-corrected chi connectivity index (χ2v) is 6.51. The molecule has 1 aromatic rings. The summed E-state index contributed by atoms with van der Waals surface area (Å²) >= 11 is 2.09. The van der Waals surface area contributed by atoms with E-state index in [-0.39, 0.29) is 12.5 Å². The molecule has 21 heavy (non-hydrogen) atoms. The molecule has 0 saturated heterocycles. The Kier molecular flexibility index (Phi) is 6.02. The van der Waals surface area contributed by atoms with E-state index in [9.17, 15) is 9.59 Å². The maximum absolute atomic E-state index is 12.1. The van der Waals surface area contributed by atoms with Gasteiger partial charge in [-0.05, 0) is 47.6 Å². The Hall–Kier alpha value is -1.11. The molecular weight excluding hydrogens is 381 g/mol. The highest BCUT2D eigenvalue weighted by Crippen LogP contribution is 2.21. The number of ether oxygens (including phenoxy) is 1. The molecule has 1 aliphatic carbocycles. The summed E-state index contributed by atoms with van der Waals surface area (Å²) in [6.45, 7) is -0.184. The van der Waals surface area contributed by atoms with Crippen molar-refractivity contribution in [2.75, 3.05) is 13.7 Å². The summed E-state index contributed by atoms with van der Waals surface area (Å²) in [5.41, 5.74) is 0.506. The summed E-state index contributed by atoms with van der Waals surface area (Å²) in [7, 11) is 1.80. The molecule has 4 nitrogen and oxygen atoms in total. The average molecular weight is 401 g/mol. The van der Waals surface area contributed by atoms with Gasteiger partial charge in [-0.2, -0.15) is 0 Å². The Morgan fingerprint density at radius 2 is 1.90 bits per heavy atom. The van der Waals surface area contributed by atoms with E-state index in [1.807, 2.05) is 12.1 Å². The summed E-state index contributed by atoms with van der Waals surface area (Å²) in [6.07, 6.45) is 5.69. The molecule has 0 N–H and O–H groups in total. The lowest BCUT2D eigenvalue weighted by Gasteiger charge is -2.31. The summed E-state index contributed by atoms with van der Waals surface area (Å²) in [5.74, 6) is -0.563. The van der Waals surface area contributed by atoms with E-state index < -0.39 is 5.97 Å². The van der Waals surface area contributed by atoms with Crippen molar-refractivity contribution in [3.05, 3.63) is 33.4 Å². The minimum Gasteiger partial charge on any atom is -0.452 e. The monoisotopic (exact) mass is 401 g/mol. The van der Waals surface area contributed by atoms with Gasteiger partial charge in [-0.1, -0.05) is 31.4 Å². The molecule has 5 heteroatoms. The molecule has 2 rings (SSSR count). The quantitative estimate of drug-likeness (QED) is 0.575. The fourth-order valence-electron chi connectivity index (χ4n) is 2.61. The van der Waals surface area contributed by atoms with Crippen molar-refractivity contribution < 1.29 is 14.3 Å². The van der Waals surface area contributed by atoms with Gasteiger partial charge in [-0.15, -0.1) is 0 Å². The van der Waals surface area contributed by atoms with Crippen LogP contribution in [0, 0.1) is 3.57 Å². The summed E-state index contributed by atoms with van der Waals surface area (Å²) < 4.78 is 5.97. The van der Waals surface area contributed by atoms with E-state index in [2.05, 4.69) is 22.6 Å². The number of carbonyl (C=O) groups is 2. The number of benzene rings is 1. The van der Waals surface area contributed by atoms with Gasteiger partial charge in [0.05, 0.1) is 5.56 Å². The first-order valence-corrected chi connectivity index (χ1v) is 8.35. The van der Waals surface area contributed by atoms with Crippen LogP contribution < -0.4 is 0 Å². The first-order chi connectivity index (χ1) is 10.1. The molecular formula is C16H20INO3. The third-order valence-electron chi connectivity index (χ3n) is 3.94. The molecule has 1 fully saturated rings. The number of rotatable bonds is 4. The minimum absolute atomic E-state index is 0.124. The van der Waals surface area contributed by atoms with E-state index in [0.717, 1.165) is 16.4 Å². The van der Waals surface area contributed by atoms with Gasteiger partial charge >= 0.3 is 5.97 Å². The van der Waals surface area contributed by atoms with Crippen LogP contribution in [0.2, 0.25) is 0 Å². The molecule has 1 aliphatic rings. The number of hydrogen-bond acceptors (Lipinski definition) is 3. The van der Waals surface area contributed by atoms with E-state index >= 15 is 0 Å². The van der Waals surface area contributed by atoms with Crippen LogP contribution in [-0.2, 0) is 9.53 Å². The van der Waals surface area contributed by atoms with Gasteiger partial charge in [0.15, 0.2) is 6.61 Å². The molecule has 0 aromatic heterocycles. The lowest BCUT2D eigenvalue weighted by molar-refractivity contribution is -0.135. The van der Waals surface area contributed by atoms with Gasteiger partial charge in [0.1, 0.15) is 0 Å². The van der Waals surface area contributed by atoms with Crippen LogP contribution in [0.3, 0.4) is 0 Å². The van der Waals surface area contributed by atoms with Crippen LogP contribution in [0.15, 0.2) is 24.3 Å². The average Bonchev–Trinajstić information content (AvgIpc) is 2.52. The lowest BCUT2D eigenvalue weighted by Crippen LogP contribution is -2.40. The first kappa shape index (κ1) is 16.3. The van der Waals surface area contributed by atoms with Crippen molar-refractivity contribution in [3.63, 3.8) is 0 Å². The molecule has 0 bridgehead atoms. The molecule has 0 atom stereocenters. The maximum atomic E-state index is 12.1. The maximum Gasteiger partial charge on any atom is 0.339 e. The molecule has 0 radical (unpaired) electrons. The number of nitrogens with zero attached hydrogens (tertiary/aromatic N) is 1.